The second-order valence-electron chi connectivity index (χ2n) is 5.53. The molecule has 0 bridgehead atoms. The number of nitrogens with one attached hydrogen (secondary N) is 1. The molecule has 1 fully saturated rings. The van der Waals surface area contributed by atoms with Crippen molar-refractivity contribution in [2.75, 3.05) is 6.61 Å². The summed E-state index contributed by atoms with van der Waals surface area (Å²) in [4.78, 5) is 37.0. The summed E-state index contributed by atoms with van der Waals surface area (Å²) in [7, 11) is 0. The van der Waals surface area contributed by atoms with E-state index in [0.717, 1.165) is 0 Å². The van der Waals surface area contributed by atoms with Crippen LogP contribution in [-0.4, -0.2) is 34.3 Å². The first-order valence-electron chi connectivity index (χ1n) is 7.49. The van der Waals surface area contributed by atoms with Gasteiger partial charge >= 0.3 is 11.7 Å². The third-order valence-electron chi connectivity index (χ3n) is 3.77. The number of H-pyrrole nitrogens is 1. The lowest BCUT2D eigenvalue weighted by atomic mass is 10.1. The van der Waals surface area contributed by atoms with Crippen LogP contribution >= 0.6 is 0 Å². The number of ether oxygens (including phenoxy) is 2. The van der Waals surface area contributed by atoms with Crippen molar-refractivity contribution in [1.29, 1.82) is 0 Å². The van der Waals surface area contributed by atoms with Crippen LogP contribution in [0, 0.1) is 0 Å². The van der Waals surface area contributed by atoms with Crippen molar-refractivity contribution in [3.05, 3.63) is 69.0 Å². The minimum absolute atomic E-state index is 0.0377. The van der Waals surface area contributed by atoms with Gasteiger partial charge < -0.3 is 15.2 Å². The van der Waals surface area contributed by atoms with Gasteiger partial charge in [0.05, 0.1) is 17.7 Å². The van der Waals surface area contributed by atoms with E-state index in [1.807, 2.05) is 6.07 Å². The number of benzene rings is 1. The van der Waals surface area contributed by atoms with Crippen LogP contribution in [0.4, 0.5) is 0 Å². The molecular formula is C16H17N3O5. The summed E-state index contributed by atoms with van der Waals surface area (Å²) in [5, 5.41) is 0. The molecule has 0 amide bonds. The van der Waals surface area contributed by atoms with Crippen molar-refractivity contribution in [3.63, 3.8) is 0 Å². The molecule has 0 saturated carbocycles. The van der Waals surface area contributed by atoms with Crippen LogP contribution in [0.15, 0.2) is 52.2 Å². The van der Waals surface area contributed by atoms with Crippen LogP contribution in [0.3, 0.4) is 0 Å². The zero-order chi connectivity index (χ0) is 17.1. The van der Waals surface area contributed by atoms with E-state index in [-0.39, 0.29) is 6.61 Å². The van der Waals surface area contributed by atoms with E-state index >= 15 is 0 Å². The Morgan fingerprint density at radius 2 is 2.04 bits per heavy atom. The highest BCUT2D eigenvalue weighted by molar-refractivity contribution is 5.89. The van der Waals surface area contributed by atoms with Crippen LogP contribution in [-0.2, 0) is 9.47 Å². The molecule has 8 heteroatoms. The molecule has 0 radical (unpaired) electrons. The lowest BCUT2D eigenvalue weighted by Crippen LogP contribution is -2.37. The predicted octanol–water partition coefficient (Wildman–Crippen LogP) is 0.00840. The van der Waals surface area contributed by atoms with Gasteiger partial charge in [0.15, 0.2) is 6.23 Å². The highest BCUT2D eigenvalue weighted by Crippen LogP contribution is 2.26. The Labute approximate surface area is 136 Å². The molecular weight excluding hydrogens is 314 g/mol. The summed E-state index contributed by atoms with van der Waals surface area (Å²) in [5.74, 6) is -0.447. The molecule has 3 N–H and O–H groups in total. The van der Waals surface area contributed by atoms with Gasteiger partial charge in [0.2, 0.25) is 0 Å². The summed E-state index contributed by atoms with van der Waals surface area (Å²) in [6.07, 6.45) is 0.633. The number of carbonyl (C=O) groups excluding carboxylic acids is 1. The third kappa shape index (κ3) is 3.44. The summed E-state index contributed by atoms with van der Waals surface area (Å²) < 4.78 is 12.2. The number of rotatable bonds is 4. The van der Waals surface area contributed by atoms with Crippen molar-refractivity contribution in [1.82, 2.24) is 9.55 Å². The minimum atomic E-state index is -0.713. The van der Waals surface area contributed by atoms with Gasteiger partial charge in [-0.3, -0.25) is 14.3 Å². The molecule has 1 saturated heterocycles. The SMILES string of the molecule is NC1C[C@@H](COC(=O)c2ccccc2)O[C@H]1n1ccc(=O)[nH]c1=O. The number of aromatic amines is 1. The van der Waals surface area contributed by atoms with Gasteiger partial charge in [0.1, 0.15) is 6.61 Å². The summed E-state index contributed by atoms with van der Waals surface area (Å²) in [6.45, 7) is 0.0377. The van der Waals surface area contributed by atoms with Gasteiger partial charge in [0.25, 0.3) is 5.56 Å². The van der Waals surface area contributed by atoms with Crippen molar-refractivity contribution in [3.8, 4) is 0 Å². The Balaban J connectivity index is 1.63. The summed E-state index contributed by atoms with van der Waals surface area (Å²) >= 11 is 0. The molecule has 2 heterocycles. The van der Waals surface area contributed by atoms with Crippen LogP contribution in [0.1, 0.15) is 23.0 Å². The summed E-state index contributed by atoms with van der Waals surface area (Å²) in [5.41, 5.74) is 5.38. The molecule has 8 nitrogen and oxygen atoms in total. The Bertz CT molecular complexity index is 829. The third-order valence-corrected chi connectivity index (χ3v) is 3.77. The number of nitrogens with zero attached hydrogens (tertiary/aromatic N) is 1. The quantitative estimate of drug-likeness (QED) is 0.762. The highest BCUT2D eigenvalue weighted by Gasteiger charge is 2.35. The maximum Gasteiger partial charge on any atom is 0.338 e. The fraction of sp³-hybridized carbons (Fsp3) is 0.312. The van der Waals surface area contributed by atoms with Gasteiger partial charge in [-0.1, -0.05) is 18.2 Å². The maximum atomic E-state index is 11.9. The number of hydrogen-bond donors (Lipinski definition) is 2. The molecule has 3 atom stereocenters. The van der Waals surface area contributed by atoms with Gasteiger partial charge in [-0.05, 0) is 18.6 Å². The number of hydrogen-bond acceptors (Lipinski definition) is 6. The standard InChI is InChI=1S/C16H17N3O5/c17-12-8-11(9-23-15(21)10-4-2-1-3-5-10)24-14(12)19-7-6-13(20)18-16(19)22/h1-7,11-12,14H,8-9,17H2,(H,18,20,22)/t11-,12?,14+/m0/s1. The Morgan fingerprint density at radius 1 is 1.29 bits per heavy atom. The Kier molecular flexibility index (Phi) is 4.59. The van der Waals surface area contributed by atoms with Gasteiger partial charge in [0, 0.05) is 12.3 Å². The van der Waals surface area contributed by atoms with Crippen LogP contribution in [0.5, 0.6) is 0 Å². The zero-order valence-electron chi connectivity index (χ0n) is 12.8. The second kappa shape index (κ2) is 6.81. The number of carbonyl (C=O) groups is 1. The zero-order valence-corrected chi connectivity index (χ0v) is 12.8. The molecule has 1 aromatic heterocycles. The second-order valence-corrected chi connectivity index (χ2v) is 5.53. The minimum Gasteiger partial charge on any atom is -0.459 e. The van der Waals surface area contributed by atoms with Crippen molar-refractivity contribution < 1.29 is 14.3 Å². The normalized spacial score (nSPS) is 23.1. The highest BCUT2D eigenvalue weighted by atomic mass is 16.6. The molecule has 1 unspecified atom stereocenters. The first kappa shape index (κ1) is 16.2. The van der Waals surface area contributed by atoms with Crippen molar-refractivity contribution in [2.45, 2.75) is 24.8 Å². The molecule has 2 aromatic rings. The largest absolute Gasteiger partial charge is 0.459 e. The molecule has 1 aliphatic rings. The monoisotopic (exact) mass is 331 g/mol. The van der Waals surface area contributed by atoms with Crippen molar-refractivity contribution >= 4 is 5.97 Å². The Morgan fingerprint density at radius 3 is 2.75 bits per heavy atom. The number of aromatic nitrogens is 2. The smallest absolute Gasteiger partial charge is 0.338 e. The maximum absolute atomic E-state index is 11.9. The predicted molar refractivity (Wildman–Crippen MR) is 84.5 cm³/mol. The molecule has 1 aromatic carbocycles. The van der Waals surface area contributed by atoms with E-state index in [1.165, 1.54) is 16.8 Å². The lowest BCUT2D eigenvalue weighted by Gasteiger charge is -2.17. The fourth-order valence-corrected chi connectivity index (χ4v) is 2.61. The van der Waals surface area contributed by atoms with Crippen LogP contribution in [0.25, 0.3) is 0 Å². The van der Waals surface area contributed by atoms with Gasteiger partial charge in [-0.15, -0.1) is 0 Å². The first-order chi connectivity index (χ1) is 11.5. The topological polar surface area (TPSA) is 116 Å². The van der Waals surface area contributed by atoms with Crippen LogP contribution < -0.4 is 17.0 Å². The molecule has 1 aliphatic heterocycles. The van der Waals surface area contributed by atoms with Gasteiger partial charge in [-0.25, -0.2) is 9.59 Å². The van der Waals surface area contributed by atoms with E-state index in [1.54, 1.807) is 24.3 Å². The fourth-order valence-electron chi connectivity index (χ4n) is 2.61. The molecule has 3 rings (SSSR count). The number of esters is 1. The van der Waals surface area contributed by atoms with E-state index < -0.39 is 35.6 Å². The molecule has 126 valence electrons. The van der Waals surface area contributed by atoms with Crippen LogP contribution in [0.2, 0.25) is 0 Å². The molecule has 0 aliphatic carbocycles. The first-order valence-corrected chi connectivity index (χ1v) is 7.49. The Hall–Kier alpha value is -2.71. The van der Waals surface area contributed by atoms with Crippen molar-refractivity contribution in [2.24, 2.45) is 5.73 Å². The lowest BCUT2D eigenvalue weighted by molar-refractivity contribution is -0.0365. The summed E-state index contributed by atoms with van der Waals surface area (Å²) in [6, 6.07) is 9.39. The van der Waals surface area contributed by atoms with E-state index in [4.69, 9.17) is 15.2 Å². The molecule has 0 spiro atoms. The molecule has 24 heavy (non-hydrogen) atoms. The average molecular weight is 331 g/mol. The number of nitrogens with two attached hydrogens (primary N) is 1. The average Bonchev–Trinajstić information content (AvgIpc) is 2.94. The van der Waals surface area contributed by atoms with E-state index in [9.17, 15) is 14.4 Å². The van der Waals surface area contributed by atoms with E-state index in [2.05, 4.69) is 4.98 Å². The van der Waals surface area contributed by atoms with E-state index in [0.29, 0.717) is 12.0 Å². The van der Waals surface area contributed by atoms with Gasteiger partial charge in [-0.2, -0.15) is 0 Å².